The second-order valence-corrected chi connectivity index (χ2v) is 6.33. The van der Waals surface area contributed by atoms with Crippen molar-refractivity contribution in [3.63, 3.8) is 0 Å². The number of carbonyl (C=O) groups is 1. The smallest absolute Gasteiger partial charge is 0.227 e. The van der Waals surface area contributed by atoms with Crippen LogP contribution >= 0.6 is 24.8 Å². The first-order valence-corrected chi connectivity index (χ1v) is 8.19. The SMILES string of the molecule is Cc1ccc(-c2ccncc2)cc1NC(=O)[C@H]1CCN[C@@H](C)C1.Cl.Cl. The Hall–Kier alpha value is -1.62. The van der Waals surface area contributed by atoms with Crippen LogP contribution in [0.2, 0.25) is 0 Å². The molecule has 0 spiro atoms. The van der Waals surface area contributed by atoms with Gasteiger partial charge in [-0.2, -0.15) is 0 Å². The zero-order chi connectivity index (χ0) is 16.2. The minimum atomic E-state index is 0. The molecule has 25 heavy (non-hydrogen) atoms. The predicted molar refractivity (Wildman–Crippen MR) is 108 cm³/mol. The van der Waals surface area contributed by atoms with E-state index in [9.17, 15) is 4.79 Å². The van der Waals surface area contributed by atoms with Crippen LogP contribution in [0, 0.1) is 12.8 Å². The van der Waals surface area contributed by atoms with E-state index in [1.807, 2.05) is 25.1 Å². The van der Waals surface area contributed by atoms with Gasteiger partial charge in [0.05, 0.1) is 0 Å². The second-order valence-electron chi connectivity index (χ2n) is 6.33. The molecule has 2 aromatic rings. The number of hydrogen-bond donors (Lipinski definition) is 2. The number of rotatable bonds is 3. The van der Waals surface area contributed by atoms with Gasteiger partial charge < -0.3 is 10.6 Å². The van der Waals surface area contributed by atoms with Crippen LogP contribution in [0.4, 0.5) is 5.69 Å². The largest absolute Gasteiger partial charge is 0.326 e. The monoisotopic (exact) mass is 381 g/mol. The van der Waals surface area contributed by atoms with Gasteiger partial charge in [-0.3, -0.25) is 9.78 Å². The molecule has 1 amide bonds. The average Bonchev–Trinajstić information content (AvgIpc) is 2.57. The van der Waals surface area contributed by atoms with Crippen molar-refractivity contribution in [1.82, 2.24) is 10.3 Å². The summed E-state index contributed by atoms with van der Waals surface area (Å²) < 4.78 is 0. The van der Waals surface area contributed by atoms with Crippen molar-refractivity contribution < 1.29 is 4.79 Å². The predicted octanol–water partition coefficient (Wildman–Crippen LogP) is 4.23. The molecule has 2 N–H and O–H groups in total. The number of nitrogens with zero attached hydrogens (tertiary/aromatic N) is 1. The van der Waals surface area contributed by atoms with Gasteiger partial charge >= 0.3 is 0 Å². The summed E-state index contributed by atoms with van der Waals surface area (Å²) in [5.74, 6) is 0.226. The number of nitrogens with one attached hydrogen (secondary N) is 2. The fourth-order valence-corrected chi connectivity index (χ4v) is 3.09. The fraction of sp³-hybridized carbons (Fsp3) is 0.368. The third-order valence-electron chi connectivity index (χ3n) is 4.50. The number of anilines is 1. The Kier molecular flexibility index (Phi) is 8.36. The molecule has 6 heteroatoms. The van der Waals surface area contributed by atoms with Gasteiger partial charge in [0.25, 0.3) is 0 Å². The molecule has 0 saturated carbocycles. The van der Waals surface area contributed by atoms with Gasteiger partial charge in [-0.15, -0.1) is 24.8 Å². The number of pyridine rings is 1. The normalized spacial score (nSPS) is 19.3. The van der Waals surface area contributed by atoms with Gasteiger partial charge in [0.1, 0.15) is 0 Å². The first kappa shape index (κ1) is 21.4. The van der Waals surface area contributed by atoms with Crippen LogP contribution in [0.15, 0.2) is 42.7 Å². The lowest BCUT2D eigenvalue weighted by atomic mass is 9.92. The van der Waals surface area contributed by atoms with Crippen molar-refractivity contribution in [2.45, 2.75) is 32.7 Å². The van der Waals surface area contributed by atoms with Crippen molar-refractivity contribution in [3.05, 3.63) is 48.3 Å². The van der Waals surface area contributed by atoms with Gasteiger partial charge in [-0.1, -0.05) is 12.1 Å². The van der Waals surface area contributed by atoms with Crippen LogP contribution in [0.3, 0.4) is 0 Å². The molecule has 1 aliphatic rings. The van der Waals surface area contributed by atoms with E-state index in [0.717, 1.165) is 41.8 Å². The molecule has 2 atom stereocenters. The summed E-state index contributed by atoms with van der Waals surface area (Å²) in [4.78, 5) is 16.6. The fourth-order valence-electron chi connectivity index (χ4n) is 3.09. The maximum atomic E-state index is 12.6. The Morgan fingerprint density at radius 1 is 1.16 bits per heavy atom. The number of halogens is 2. The van der Waals surface area contributed by atoms with E-state index in [0.29, 0.717) is 6.04 Å². The van der Waals surface area contributed by atoms with E-state index in [1.54, 1.807) is 12.4 Å². The summed E-state index contributed by atoms with van der Waals surface area (Å²) in [5.41, 5.74) is 4.17. The molecule has 0 radical (unpaired) electrons. The summed E-state index contributed by atoms with van der Waals surface area (Å²) in [6.07, 6.45) is 5.36. The molecule has 1 saturated heterocycles. The van der Waals surface area contributed by atoms with Crippen LogP contribution in [-0.4, -0.2) is 23.5 Å². The molecule has 0 aliphatic carbocycles. The third kappa shape index (κ3) is 5.43. The number of aryl methyl sites for hydroxylation is 1. The molecule has 3 rings (SSSR count). The topological polar surface area (TPSA) is 54.0 Å². The summed E-state index contributed by atoms with van der Waals surface area (Å²) in [7, 11) is 0. The zero-order valence-electron chi connectivity index (χ0n) is 14.5. The maximum Gasteiger partial charge on any atom is 0.227 e. The lowest BCUT2D eigenvalue weighted by Crippen LogP contribution is -2.40. The molecule has 136 valence electrons. The highest BCUT2D eigenvalue weighted by Crippen LogP contribution is 2.26. The van der Waals surface area contributed by atoms with Crippen molar-refractivity contribution >= 4 is 36.4 Å². The first-order valence-electron chi connectivity index (χ1n) is 8.19. The van der Waals surface area contributed by atoms with Gasteiger partial charge in [-0.05, 0) is 68.1 Å². The highest BCUT2D eigenvalue weighted by atomic mass is 35.5. The lowest BCUT2D eigenvalue weighted by molar-refractivity contribution is -0.120. The van der Waals surface area contributed by atoms with E-state index in [-0.39, 0.29) is 36.6 Å². The first-order chi connectivity index (χ1) is 11.1. The minimum absolute atomic E-state index is 0. The molecular formula is C19H25Cl2N3O. The Balaban J connectivity index is 0.00000156. The second kappa shape index (κ2) is 9.76. The molecule has 1 aromatic heterocycles. The summed E-state index contributed by atoms with van der Waals surface area (Å²) >= 11 is 0. The lowest BCUT2D eigenvalue weighted by Gasteiger charge is -2.27. The maximum absolute atomic E-state index is 12.6. The molecular weight excluding hydrogens is 357 g/mol. The highest BCUT2D eigenvalue weighted by Gasteiger charge is 2.25. The van der Waals surface area contributed by atoms with E-state index in [4.69, 9.17) is 0 Å². The van der Waals surface area contributed by atoms with Crippen molar-refractivity contribution in [3.8, 4) is 11.1 Å². The molecule has 1 aromatic carbocycles. The van der Waals surface area contributed by atoms with Gasteiger partial charge in [0.2, 0.25) is 5.91 Å². The number of amides is 1. The summed E-state index contributed by atoms with van der Waals surface area (Å²) in [6, 6.07) is 10.5. The third-order valence-corrected chi connectivity index (χ3v) is 4.50. The quantitative estimate of drug-likeness (QED) is 0.836. The van der Waals surface area contributed by atoms with E-state index >= 15 is 0 Å². The van der Waals surface area contributed by atoms with Crippen molar-refractivity contribution in [2.75, 3.05) is 11.9 Å². The van der Waals surface area contributed by atoms with Crippen LogP contribution in [0.25, 0.3) is 11.1 Å². The number of hydrogen-bond acceptors (Lipinski definition) is 3. The van der Waals surface area contributed by atoms with Gasteiger partial charge in [0, 0.05) is 30.0 Å². The van der Waals surface area contributed by atoms with E-state index in [2.05, 4.69) is 34.7 Å². The summed E-state index contributed by atoms with van der Waals surface area (Å²) in [6.45, 7) is 5.07. The van der Waals surface area contributed by atoms with Crippen LogP contribution in [0.1, 0.15) is 25.3 Å². The number of aromatic nitrogens is 1. The average molecular weight is 382 g/mol. The molecule has 0 unspecified atom stereocenters. The minimum Gasteiger partial charge on any atom is -0.326 e. The Morgan fingerprint density at radius 2 is 1.88 bits per heavy atom. The molecule has 4 nitrogen and oxygen atoms in total. The Bertz CT molecular complexity index is 694. The molecule has 0 bridgehead atoms. The number of piperidine rings is 1. The van der Waals surface area contributed by atoms with Crippen LogP contribution in [0.5, 0.6) is 0 Å². The Morgan fingerprint density at radius 3 is 2.56 bits per heavy atom. The number of benzene rings is 1. The van der Waals surface area contributed by atoms with Crippen molar-refractivity contribution in [1.29, 1.82) is 0 Å². The highest BCUT2D eigenvalue weighted by molar-refractivity contribution is 5.94. The molecule has 1 fully saturated rings. The van der Waals surface area contributed by atoms with Crippen LogP contribution < -0.4 is 10.6 Å². The van der Waals surface area contributed by atoms with Crippen LogP contribution in [-0.2, 0) is 4.79 Å². The molecule has 1 aliphatic heterocycles. The number of carbonyl (C=O) groups excluding carboxylic acids is 1. The standard InChI is InChI=1S/C19H23N3O.2ClH/c1-13-3-4-16(15-5-8-20-9-6-15)12-18(13)22-19(23)17-7-10-21-14(2)11-17;;/h3-6,8-9,12,14,17,21H,7,10-11H2,1-2H3,(H,22,23);2*1H/t14-,17-;;/m0../s1. The summed E-state index contributed by atoms with van der Waals surface area (Å²) in [5, 5.41) is 6.52. The van der Waals surface area contributed by atoms with Crippen molar-refractivity contribution in [2.24, 2.45) is 5.92 Å². The zero-order valence-corrected chi connectivity index (χ0v) is 16.1. The Labute approximate surface area is 161 Å². The van der Waals surface area contributed by atoms with E-state index < -0.39 is 0 Å². The van der Waals surface area contributed by atoms with Gasteiger partial charge in [0.15, 0.2) is 0 Å². The van der Waals surface area contributed by atoms with Gasteiger partial charge in [-0.25, -0.2) is 0 Å². The molecule has 2 heterocycles. The van der Waals surface area contributed by atoms with E-state index in [1.165, 1.54) is 0 Å².